The number of aryl methyl sites for hydroxylation is 1. The minimum absolute atomic E-state index is 0.0883. The van der Waals surface area contributed by atoms with E-state index in [-0.39, 0.29) is 12.1 Å². The van der Waals surface area contributed by atoms with Crippen molar-refractivity contribution in [1.29, 1.82) is 0 Å². The molecule has 0 aliphatic carbocycles. The first-order valence-corrected chi connectivity index (χ1v) is 13.6. The van der Waals surface area contributed by atoms with Gasteiger partial charge in [0, 0.05) is 40.9 Å². The SMILES string of the molecule is C#Cc1cc(C(=O)Nc2ccc(C)c(Nc3ncccc3-c3ncnc4c3ncn4C3CCCCO3)c2)ccc1Cl. The molecule has 9 nitrogen and oxygen atoms in total. The Morgan fingerprint density at radius 3 is 2.85 bits per heavy atom. The molecule has 10 heteroatoms. The van der Waals surface area contributed by atoms with E-state index in [0.29, 0.717) is 44.5 Å². The van der Waals surface area contributed by atoms with Gasteiger partial charge >= 0.3 is 0 Å². The zero-order valence-electron chi connectivity index (χ0n) is 22.3. The maximum atomic E-state index is 12.9. The van der Waals surface area contributed by atoms with Crippen molar-refractivity contribution in [3.8, 4) is 23.6 Å². The van der Waals surface area contributed by atoms with E-state index in [4.69, 9.17) is 22.8 Å². The topological polar surface area (TPSA) is 107 Å². The third kappa shape index (κ3) is 5.35. The van der Waals surface area contributed by atoms with Crippen molar-refractivity contribution >= 4 is 45.9 Å². The molecule has 1 saturated heterocycles. The quantitative estimate of drug-likeness (QED) is 0.226. The molecule has 41 heavy (non-hydrogen) atoms. The molecule has 0 saturated carbocycles. The van der Waals surface area contributed by atoms with Crippen molar-refractivity contribution in [2.75, 3.05) is 17.2 Å². The summed E-state index contributed by atoms with van der Waals surface area (Å²) in [7, 11) is 0. The molecule has 5 aromatic rings. The van der Waals surface area contributed by atoms with E-state index in [0.717, 1.165) is 42.7 Å². The number of ether oxygens (including phenoxy) is 1. The summed E-state index contributed by atoms with van der Waals surface area (Å²) in [6.07, 6.45) is 13.5. The summed E-state index contributed by atoms with van der Waals surface area (Å²) >= 11 is 6.10. The second-order valence-corrected chi connectivity index (χ2v) is 10.1. The highest BCUT2D eigenvalue weighted by Gasteiger charge is 2.22. The molecule has 6 rings (SSSR count). The Hall–Kier alpha value is -4.78. The lowest BCUT2D eigenvalue weighted by atomic mass is 10.1. The number of fused-ring (bicyclic) bond motifs is 1. The van der Waals surface area contributed by atoms with Crippen LogP contribution in [0, 0.1) is 19.3 Å². The number of halogens is 1. The van der Waals surface area contributed by atoms with Gasteiger partial charge in [-0.1, -0.05) is 23.6 Å². The van der Waals surface area contributed by atoms with Crippen molar-refractivity contribution in [3.63, 3.8) is 0 Å². The second-order valence-electron chi connectivity index (χ2n) is 9.71. The first-order valence-electron chi connectivity index (χ1n) is 13.2. The number of aromatic nitrogens is 5. The standard InChI is InChI=1S/C31H26ClN7O2/c1-3-20-15-21(10-12-24(20)32)31(40)37-22-11-9-19(2)25(16-22)38-29-23(7-6-13-33-29)27-28-30(35-17-34-27)39(18-36-28)26-8-4-5-14-41-26/h1,6-7,9-13,15-18,26H,4-5,8,14H2,2H3,(H,33,38)(H,37,40). The molecule has 1 unspecified atom stereocenters. The number of carbonyl (C=O) groups excluding carboxylic acids is 1. The number of hydrogen-bond acceptors (Lipinski definition) is 7. The summed E-state index contributed by atoms with van der Waals surface area (Å²) in [6.45, 7) is 2.70. The number of nitrogens with zero attached hydrogens (tertiary/aromatic N) is 5. The Bertz CT molecular complexity index is 1800. The number of benzene rings is 2. The van der Waals surface area contributed by atoms with Crippen molar-refractivity contribution < 1.29 is 9.53 Å². The lowest BCUT2D eigenvalue weighted by molar-refractivity contribution is -0.0298. The van der Waals surface area contributed by atoms with E-state index in [1.165, 1.54) is 0 Å². The molecule has 1 amide bonds. The molecular weight excluding hydrogens is 538 g/mol. The van der Waals surface area contributed by atoms with Crippen LogP contribution in [0.25, 0.3) is 22.4 Å². The summed E-state index contributed by atoms with van der Waals surface area (Å²) in [5.41, 5.74) is 6.03. The molecule has 0 bridgehead atoms. The third-order valence-electron chi connectivity index (χ3n) is 7.02. The van der Waals surface area contributed by atoms with Gasteiger partial charge in [-0.2, -0.15) is 0 Å². The van der Waals surface area contributed by atoms with Gasteiger partial charge in [-0.3, -0.25) is 9.36 Å². The van der Waals surface area contributed by atoms with Crippen LogP contribution in [0.15, 0.2) is 67.4 Å². The Morgan fingerprint density at radius 2 is 2.02 bits per heavy atom. The smallest absolute Gasteiger partial charge is 0.255 e. The summed E-state index contributed by atoms with van der Waals surface area (Å²) in [5.74, 6) is 2.79. The average molecular weight is 564 g/mol. The number of anilines is 3. The van der Waals surface area contributed by atoms with Crippen LogP contribution in [0.1, 0.15) is 47.0 Å². The molecule has 1 aliphatic rings. The predicted molar refractivity (Wildman–Crippen MR) is 159 cm³/mol. The zero-order valence-corrected chi connectivity index (χ0v) is 23.0. The zero-order chi connectivity index (χ0) is 28.3. The molecule has 1 atom stereocenters. The maximum Gasteiger partial charge on any atom is 0.255 e. The summed E-state index contributed by atoms with van der Waals surface area (Å²) in [5, 5.41) is 6.78. The second kappa shape index (κ2) is 11.4. The van der Waals surface area contributed by atoms with Gasteiger partial charge in [-0.25, -0.2) is 19.9 Å². The van der Waals surface area contributed by atoms with Gasteiger partial charge in [-0.05, 0) is 74.2 Å². The summed E-state index contributed by atoms with van der Waals surface area (Å²) < 4.78 is 7.95. The van der Waals surface area contributed by atoms with Gasteiger partial charge in [0.1, 0.15) is 29.6 Å². The highest BCUT2D eigenvalue weighted by atomic mass is 35.5. The van der Waals surface area contributed by atoms with Crippen LogP contribution in [0.5, 0.6) is 0 Å². The molecule has 1 aliphatic heterocycles. The van der Waals surface area contributed by atoms with Gasteiger partial charge in [0.25, 0.3) is 5.91 Å². The fraction of sp³-hybridized carbons (Fsp3) is 0.194. The number of pyridine rings is 1. The van der Waals surface area contributed by atoms with Crippen molar-refractivity contribution in [3.05, 3.63) is 89.1 Å². The van der Waals surface area contributed by atoms with Gasteiger partial charge in [0.05, 0.1) is 11.3 Å². The molecule has 3 aromatic heterocycles. The van der Waals surface area contributed by atoms with E-state index in [1.807, 2.05) is 41.8 Å². The molecule has 1 fully saturated rings. The van der Waals surface area contributed by atoms with Crippen LogP contribution in [0.2, 0.25) is 5.02 Å². The monoisotopic (exact) mass is 563 g/mol. The first kappa shape index (κ1) is 26.4. The normalized spacial score (nSPS) is 14.9. The minimum Gasteiger partial charge on any atom is -0.358 e. The first-order chi connectivity index (χ1) is 20.0. The highest BCUT2D eigenvalue weighted by molar-refractivity contribution is 6.31. The lowest BCUT2D eigenvalue weighted by Gasteiger charge is -2.23. The van der Waals surface area contributed by atoms with Crippen molar-refractivity contribution in [1.82, 2.24) is 24.5 Å². The average Bonchev–Trinajstić information content (AvgIpc) is 3.44. The molecule has 2 aromatic carbocycles. The largest absolute Gasteiger partial charge is 0.358 e. The number of terminal acetylenes is 1. The minimum atomic E-state index is -0.299. The van der Waals surface area contributed by atoms with Crippen molar-refractivity contribution in [2.24, 2.45) is 0 Å². The number of rotatable bonds is 6. The van der Waals surface area contributed by atoms with Crippen LogP contribution in [0.3, 0.4) is 0 Å². The Labute approximate surface area is 242 Å². The van der Waals surface area contributed by atoms with Crippen LogP contribution in [0.4, 0.5) is 17.2 Å². The molecule has 4 heterocycles. The fourth-order valence-electron chi connectivity index (χ4n) is 4.84. The number of amides is 1. The Kier molecular flexibility index (Phi) is 7.33. The molecule has 0 spiro atoms. The maximum absolute atomic E-state index is 12.9. The van der Waals surface area contributed by atoms with E-state index in [1.54, 1.807) is 37.1 Å². The fourth-order valence-corrected chi connectivity index (χ4v) is 5.01. The number of nitrogens with one attached hydrogen (secondary N) is 2. The third-order valence-corrected chi connectivity index (χ3v) is 7.35. The van der Waals surface area contributed by atoms with E-state index in [2.05, 4.69) is 36.5 Å². The Balaban J connectivity index is 1.30. The van der Waals surface area contributed by atoms with Crippen LogP contribution in [-0.2, 0) is 4.74 Å². The highest BCUT2D eigenvalue weighted by Crippen LogP contribution is 2.34. The number of hydrogen-bond donors (Lipinski definition) is 2. The van der Waals surface area contributed by atoms with Crippen molar-refractivity contribution in [2.45, 2.75) is 32.4 Å². The van der Waals surface area contributed by atoms with Gasteiger partial charge in [0.2, 0.25) is 0 Å². The molecular formula is C31H26ClN7O2. The van der Waals surface area contributed by atoms with E-state index in [9.17, 15) is 4.79 Å². The van der Waals surface area contributed by atoms with E-state index < -0.39 is 0 Å². The van der Waals surface area contributed by atoms with Gasteiger partial charge in [-0.15, -0.1) is 6.42 Å². The number of imidazole rings is 1. The summed E-state index contributed by atoms with van der Waals surface area (Å²) in [4.78, 5) is 31.3. The Morgan fingerprint density at radius 1 is 1.12 bits per heavy atom. The van der Waals surface area contributed by atoms with Crippen LogP contribution in [-0.4, -0.2) is 37.0 Å². The lowest BCUT2D eigenvalue weighted by Crippen LogP contribution is -2.17. The van der Waals surface area contributed by atoms with Gasteiger partial charge < -0.3 is 15.4 Å². The molecule has 0 radical (unpaired) electrons. The molecule has 2 N–H and O–H groups in total. The predicted octanol–water partition coefficient (Wildman–Crippen LogP) is 6.53. The molecule has 204 valence electrons. The van der Waals surface area contributed by atoms with Gasteiger partial charge in [0.15, 0.2) is 5.65 Å². The van der Waals surface area contributed by atoms with Crippen LogP contribution >= 0.6 is 11.6 Å². The summed E-state index contributed by atoms with van der Waals surface area (Å²) in [6, 6.07) is 14.3. The number of carbonyl (C=O) groups is 1. The van der Waals surface area contributed by atoms with E-state index >= 15 is 0 Å². The van der Waals surface area contributed by atoms with Crippen LogP contribution < -0.4 is 10.6 Å².